The van der Waals surface area contributed by atoms with Crippen molar-refractivity contribution < 1.29 is 9.90 Å². The minimum Gasteiger partial charge on any atom is -0.506 e. The molecule has 1 saturated carbocycles. The van der Waals surface area contributed by atoms with Crippen LogP contribution in [0.1, 0.15) is 24.8 Å². The highest BCUT2D eigenvalue weighted by molar-refractivity contribution is 6.32. The van der Waals surface area contributed by atoms with Gasteiger partial charge in [-0.3, -0.25) is 9.69 Å². The van der Waals surface area contributed by atoms with E-state index in [1.165, 1.54) is 0 Å². The van der Waals surface area contributed by atoms with Gasteiger partial charge >= 0.3 is 0 Å². The van der Waals surface area contributed by atoms with Crippen LogP contribution < -0.4 is 5.32 Å². The van der Waals surface area contributed by atoms with Gasteiger partial charge in [-0.05, 0) is 43.4 Å². The Balaban J connectivity index is 1.65. The van der Waals surface area contributed by atoms with Crippen molar-refractivity contribution in [2.24, 2.45) is 11.8 Å². The molecule has 0 spiro atoms. The summed E-state index contributed by atoms with van der Waals surface area (Å²) >= 11 is 6.15. The van der Waals surface area contributed by atoms with Gasteiger partial charge in [-0.2, -0.15) is 0 Å². The molecule has 1 amide bonds. The van der Waals surface area contributed by atoms with Crippen LogP contribution in [0, 0.1) is 11.8 Å². The zero-order valence-electron chi connectivity index (χ0n) is 12.2. The van der Waals surface area contributed by atoms with E-state index < -0.39 is 0 Å². The summed E-state index contributed by atoms with van der Waals surface area (Å²) in [5.41, 5.74) is 0.947. The quantitative estimate of drug-likeness (QED) is 0.901. The minimum absolute atomic E-state index is 0.137. The molecule has 0 radical (unpaired) electrons. The van der Waals surface area contributed by atoms with Crippen molar-refractivity contribution in [1.29, 1.82) is 0 Å². The van der Waals surface area contributed by atoms with Gasteiger partial charge in [0.25, 0.3) is 0 Å². The van der Waals surface area contributed by atoms with Gasteiger partial charge in [-0.1, -0.05) is 23.7 Å². The van der Waals surface area contributed by atoms with Crippen molar-refractivity contribution in [1.82, 2.24) is 10.2 Å². The first-order valence-electron chi connectivity index (χ1n) is 7.48. The number of nitrogens with one attached hydrogen (secondary N) is 1. The smallest absolute Gasteiger partial charge is 0.220 e. The summed E-state index contributed by atoms with van der Waals surface area (Å²) in [4.78, 5) is 13.8. The van der Waals surface area contributed by atoms with E-state index >= 15 is 0 Å². The number of carbonyl (C=O) groups is 1. The number of hydrogen-bond donors (Lipinski definition) is 2. The number of hydrogen-bond acceptors (Lipinski definition) is 3. The van der Waals surface area contributed by atoms with Gasteiger partial charge in [0.15, 0.2) is 0 Å². The Kier molecular flexibility index (Phi) is 4.09. The van der Waals surface area contributed by atoms with Crippen molar-refractivity contribution in [3.63, 3.8) is 0 Å². The lowest BCUT2D eigenvalue weighted by atomic mass is 9.89. The number of carbonyl (C=O) groups excluding carboxylic acids is 1. The highest BCUT2D eigenvalue weighted by atomic mass is 35.5. The third kappa shape index (κ3) is 3.01. The molecular weight excluding hydrogens is 288 g/mol. The van der Waals surface area contributed by atoms with E-state index in [9.17, 15) is 9.90 Å². The molecule has 2 fully saturated rings. The number of phenols is 1. The summed E-state index contributed by atoms with van der Waals surface area (Å²) in [6, 6.07) is 5.85. The minimum atomic E-state index is 0.137. The number of benzene rings is 1. The summed E-state index contributed by atoms with van der Waals surface area (Å²) in [6.07, 6.45) is 2.87. The monoisotopic (exact) mass is 308 g/mol. The maximum atomic E-state index is 11.5. The predicted molar refractivity (Wildman–Crippen MR) is 82.2 cm³/mol. The van der Waals surface area contributed by atoms with E-state index in [1.54, 1.807) is 6.07 Å². The molecule has 114 valence electrons. The SMILES string of the molecule is CN(Cc1cccc(O)c1Cl)[C@H]1C[C@H]2CNC(=O)C[C@H]2C1. The number of piperidine rings is 1. The van der Waals surface area contributed by atoms with Crippen LogP contribution in [0.4, 0.5) is 0 Å². The molecule has 21 heavy (non-hydrogen) atoms. The lowest BCUT2D eigenvalue weighted by Gasteiger charge is -2.25. The fourth-order valence-corrected chi connectivity index (χ4v) is 3.87. The second kappa shape index (κ2) is 5.85. The highest BCUT2D eigenvalue weighted by Gasteiger charge is 2.39. The molecule has 3 rings (SSSR count). The van der Waals surface area contributed by atoms with Crippen LogP contribution in [0.5, 0.6) is 5.75 Å². The van der Waals surface area contributed by atoms with Crippen LogP contribution in [-0.4, -0.2) is 35.5 Å². The zero-order valence-corrected chi connectivity index (χ0v) is 12.9. The zero-order chi connectivity index (χ0) is 15.0. The van der Waals surface area contributed by atoms with Crippen LogP contribution in [0.2, 0.25) is 5.02 Å². The van der Waals surface area contributed by atoms with E-state index in [0.29, 0.717) is 29.3 Å². The van der Waals surface area contributed by atoms with E-state index in [1.807, 2.05) is 12.1 Å². The Hall–Kier alpha value is -1.26. The normalized spacial score (nSPS) is 28.5. The average molecular weight is 309 g/mol. The molecular formula is C16H21ClN2O2. The van der Waals surface area contributed by atoms with E-state index in [0.717, 1.165) is 31.5 Å². The Labute approximate surface area is 130 Å². The fourth-order valence-electron chi connectivity index (χ4n) is 3.68. The molecule has 3 atom stereocenters. The van der Waals surface area contributed by atoms with Crippen molar-refractivity contribution in [3.05, 3.63) is 28.8 Å². The molecule has 5 heteroatoms. The number of halogens is 1. The van der Waals surface area contributed by atoms with Crippen molar-refractivity contribution in [3.8, 4) is 5.75 Å². The maximum Gasteiger partial charge on any atom is 0.220 e. The van der Waals surface area contributed by atoms with Gasteiger partial charge in [0.2, 0.25) is 5.91 Å². The van der Waals surface area contributed by atoms with Crippen LogP contribution in [0.15, 0.2) is 18.2 Å². The van der Waals surface area contributed by atoms with Gasteiger partial charge in [0, 0.05) is 25.6 Å². The summed E-state index contributed by atoms with van der Waals surface area (Å²) in [5.74, 6) is 1.45. The third-order valence-corrected chi connectivity index (χ3v) is 5.36. The first-order valence-corrected chi connectivity index (χ1v) is 7.85. The Morgan fingerprint density at radius 3 is 2.95 bits per heavy atom. The molecule has 4 nitrogen and oxygen atoms in total. The van der Waals surface area contributed by atoms with Crippen molar-refractivity contribution in [2.75, 3.05) is 13.6 Å². The molecule has 0 aromatic heterocycles. The number of amides is 1. The maximum absolute atomic E-state index is 11.5. The van der Waals surface area contributed by atoms with Crippen LogP contribution >= 0.6 is 11.6 Å². The Morgan fingerprint density at radius 2 is 2.14 bits per heavy atom. The number of fused-ring (bicyclic) bond motifs is 1. The molecule has 1 aliphatic heterocycles. The Bertz CT molecular complexity index is 549. The summed E-state index contributed by atoms with van der Waals surface area (Å²) < 4.78 is 0. The van der Waals surface area contributed by atoms with Crippen molar-refractivity contribution in [2.45, 2.75) is 31.8 Å². The van der Waals surface area contributed by atoms with E-state index in [2.05, 4.69) is 17.3 Å². The second-order valence-corrected chi connectivity index (χ2v) is 6.70. The van der Waals surface area contributed by atoms with Gasteiger partial charge < -0.3 is 10.4 Å². The largest absolute Gasteiger partial charge is 0.506 e. The Morgan fingerprint density at radius 1 is 1.38 bits per heavy atom. The predicted octanol–water partition coefficient (Wildman–Crippen LogP) is 2.39. The molecule has 1 heterocycles. The second-order valence-electron chi connectivity index (χ2n) is 6.32. The molecule has 1 saturated heterocycles. The number of aromatic hydroxyl groups is 1. The molecule has 0 bridgehead atoms. The standard InChI is InChI=1S/C16H21ClN2O2/c1-19(9-10-3-2-4-14(20)16(10)17)13-5-11-7-15(21)18-8-12(11)6-13/h2-4,11-13,20H,5-9H2,1H3,(H,18,21)/t11-,12+,13-/m1/s1. The molecule has 1 aromatic carbocycles. The van der Waals surface area contributed by atoms with Gasteiger partial charge in [-0.25, -0.2) is 0 Å². The topological polar surface area (TPSA) is 52.6 Å². The lowest BCUT2D eigenvalue weighted by Crippen LogP contribution is -2.38. The third-order valence-electron chi connectivity index (χ3n) is 4.93. The van der Waals surface area contributed by atoms with Crippen LogP contribution in [0.3, 0.4) is 0 Å². The van der Waals surface area contributed by atoms with E-state index in [-0.39, 0.29) is 11.7 Å². The number of phenolic OH excluding ortho intramolecular Hbond substituents is 1. The average Bonchev–Trinajstić information content (AvgIpc) is 2.87. The first-order chi connectivity index (χ1) is 10.0. The summed E-state index contributed by atoms with van der Waals surface area (Å²) in [6.45, 7) is 1.54. The van der Waals surface area contributed by atoms with E-state index in [4.69, 9.17) is 11.6 Å². The van der Waals surface area contributed by atoms with Gasteiger partial charge in [0.05, 0.1) is 5.02 Å². The number of nitrogens with zero attached hydrogens (tertiary/aromatic N) is 1. The highest BCUT2D eigenvalue weighted by Crippen LogP contribution is 2.39. The first kappa shape index (κ1) is 14.7. The van der Waals surface area contributed by atoms with Gasteiger partial charge in [-0.15, -0.1) is 0 Å². The molecule has 0 unspecified atom stereocenters. The summed E-state index contributed by atoms with van der Waals surface area (Å²) in [5, 5.41) is 13.1. The number of rotatable bonds is 3. The van der Waals surface area contributed by atoms with Crippen molar-refractivity contribution >= 4 is 17.5 Å². The molecule has 2 aliphatic rings. The van der Waals surface area contributed by atoms with Crippen LogP contribution in [-0.2, 0) is 11.3 Å². The fraction of sp³-hybridized carbons (Fsp3) is 0.562. The lowest BCUT2D eigenvalue weighted by molar-refractivity contribution is -0.124. The van der Waals surface area contributed by atoms with Crippen LogP contribution in [0.25, 0.3) is 0 Å². The molecule has 1 aromatic rings. The molecule has 1 aliphatic carbocycles. The summed E-state index contributed by atoms with van der Waals surface area (Å²) in [7, 11) is 2.09. The molecule has 2 N–H and O–H groups in total. The van der Waals surface area contributed by atoms with Gasteiger partial charge in [0.1, 0.15) is 5.75 Å².